The van der Waals surface area contributed by atoms with Crippen LogP contribution in [0.15, 0.2) is 0 Å². The molecule has 3 aliphatic rings. The summed E-state index contributed by atoms with van der Waals surface area (Å²) >= 11 is 0. The summed E-state index contributed by atoms with van der Waals surface area (Å²) < 4.78 is 86.7. The molecule has 5 rings (SSSR count). The van der Waals surface area contributed by atoms with Crippen LogP contribution in [0.2, 0.25) is 0 Å². The molecule has 0 saturated carbocycles. The van der Waals surface area contributed by atoms with Gasteiger partial charge in [0.15, 0.2) is 13.2 Å². The van der Waals surface area contributed by atoms with Crippen LogP contribution in [0.25, 0.3) is 0 Å². The van der Waals surface area contributed by atoms with Crippen LogP contribution in [0.4, 0.5) is 50.1 Å². The molecule has 0 aliphatic carbocycles. The van der Waals surface area contributed by atoms with Crippen molar-refractivity contribution in [3.05, 3.63) is 0 Å². The number of halogens is 6. The van der Waals surface area contributed by atoms with Crippen molar-refractivity contribution in [2.24, 2.45) is 0 Å². The number of nitrogens with zero attached hydrogens (tertiary/aromatic N) is 10. The first-order valence-corrected chi connectivity index (χ1v) is 13.9. The maximum absolute atomic E-state index is 12.8. The maximum Gasteiger partial charge on any atom is 0.422 e. The minimum atomic E-state index is -4.55. The standard InChI is InChI=1S/C24H32F6N10O2/c25-23(26,27)15-41-21-33-17(37-7-3-1-4-8-37)31-19(35-21)39-11-13-40(14-12-39)20-32-18(38-9-5-2-6-10-38)34-22(36-20)42-16-24(28,29)30/h1-16H2. The van der Waals surface area contributed by atoms with Gasteiger partial charge >= 0.3 is 24.4 Å². The highest BCUT2D eigenvalue weighted by molar-refractivity contribution is 5.45. The molecule has 0 aromatic carbocycles. The highest BCUT2D eigenvalue weighted by Crippen LogP contribution is 2.26. The Kier molecular flexibility index (Phi) is 9.05. The monoisotopic (exact) mass is 606 g/mol. The summed E-state index contributed by atoms with van der Waals surface area (Å²) in [5.74, 6) is 0.881. The Morgan fingerprint density at radius 1 is 0.429 bits per heavy atom. The van der Waals surface area contributed by atoms with E-state index in [0.29, 0.717) is 52.4 Å². The zero-order chi connectivity index (χ0) is 29.7. The van der Waals surface area contributed by atoms with Crippen LogP contribution in [0.3, 0.4) is 0 Å². The van der Waals surface area contributed by atoms with Gasteiger partial charge < -0.3 is 29.1 Å². The largest absolute Gasteiger partial charge is 0.454 e. The Balaban J connectivity index is 1.33. The van der Waals surface area contributed by atoms with Crippen molar-refractivity contribution in [3.8, 4) is 12.0 Å². The van der Waals surface area contributed by atoms with Gasteiger partial charge in [0, 0.05) is 52.4 Å². The number of hydrogen-bond donors (Lipinski definition) is 0. The Bertz CT molecular complexity index is 1090. The van der Waals surface area contributed by atoms with Crippen molar-refractivity contribution in [1.82, 2.24) is 29.9 Å². The number of rotatable bonds is 8. The zero-order valence-electron chi connectivity index (χ0n) is 22.9. The topological polar surface area (TPSA) is 109 Å². The minimum absolute atomic E-state index is 0.182. The number of aromatic nitrogens is 6. The molecule has 0 atom stereocenters. The molecule has 2 aromatic heterocycles. The van der Waals surface area contributed by atoms with Crippen molar-refractivity contribution in [3.63, 3.8) is 0 Å². The van der Waals surface area contributed by atoms with Gasteiger partial charge in [0.1, 0.15) is 0 Å². The molecule has 18 heteroatoms. The molecule has 3 aliphatic heterocycles. The second kappa shape index (κ2) is 12.7. The number of alkyl halides is 6. The van der Waals surface area contributed by atoms with E-state index in [9.17, 15) is 26.3 Å². The van der Waals surface area contributed by atoms with E-state index in [2.05, 4.69) is 29.9 Å². The van der Waals surface area contributed by atoms with E-state index in [0.717, 1.165) is 38.5 Å². The number of hydrogen-bond acceptors (Lipinski definition) is 12. The third-order valence-electron chi connectivity index (χ3n) is 7.04. The van der Waals surface area contributed by atoms with Crippen molar-refractivity contribution in [2.45, 2.75) is 50.9 Å². The maximum atomic E-state index is 12.8. The average molecular weight is 607 g/mol. The number of piperidine rings is 2. The van der Waals surface area contributed by atoms with Crippen LogP contribution in [-0.4, -0.2) is 108 Å². The third kappa shape index (κ3) is 8.24. The molecule has 5 heterocycles. The molecule has 0 unspecified atom stereocenters. The van der Waals surface area contributed by atoms with E-state index in [1.54, 1.807) is 9.80 Å². The lowest BCUT2D eigenvalue weighted by atomic mass is 10.1. The fourth-order valence-electron chi connectivity index (χ4n) is 4.95. The second-order valence-corrected chi connectivity index (χ2v) is 10.3. The van der Waals surface area contributed by atoms with Crippen molar-refractivity contribution < 1.29 is 35.8 Å². The van der Waals surface area contributed by atoms with Crippen molar-refractivity contribution >= 4 is 23.8 Å². The van der Waals surface area contributed by atoms with Crippen LogP contribution in [-0.2, 0) is 0 Å². The van der Waals surface area contributed by atoms with Gasteiger partial charge in [0.2, 0.25) is 23.8 Å². The summed E-state index contributed by atoms with van der Waals surface area (Å²) in [6.45, 7) is 0.999. The molecule has 42 heavy (non-hydrogen) atoms. The molecule has 0 amide bonds. The summed E-state index contributed by atoms with van der Waals surface area (Å²) in [7, 11) is 0. The fraction of sp³-hybridized carbons (Fsp3) is 0.750. The van der Waals surface area contributed by atoms with Crippen LogP contribution in [0, 0.1) is 0 Å². The van der Waals surface area contributed by atoms with E-state index >= 15 is 0 Å². The van der Waals surface area contributed by atoms with E-state index < -0.39 is 37.6 Å². The van der Waals surface area contributed by atoms with Crippen LogP contribution >= 0.6 is 0 Å². The molecule has 0 spiro atoms. The summed E-state index contributed by atoms with van der Waals surface area (Å²) in [4.78, 5) is 33.0. The summed E-state index contributed by atoms with van der Waals surface area (Å²) in [5.41, 5.74) is 0. The predicted octanol–water partition coefficient (Wildman–Crippen LogP) is 3.25. The Labute approximate surface area is 238 Å². The van der Waals surface area contributed by atoms with Gasteiger partial charge in [0.05, 0.1) is 0 Å². The first-order valence-electron chi connectivity index (χ1n) is 13.9. The fourth-order valence-corrected chi connectivity index (χ4v) is 4.95. The van der Waals surface area contributed by atoms with Gasteiger partial charge in [-0.2, -0.15) is 56.2 Å². The van der Waals surface area contributed by atoms with Crippen molar-refractivity contribution in [1.29, 1.82) is 0 Å². The molecule has 3 fully saturated rings. The van der Waals surface area contributed by atoms with E-state index in [1.807, 2.05) is 9.80 Å². The highest BCUT2D eigenvalue weighted by Gasteiger charge is 2.32. The van der Waals surface area contributed by atoms with Crippen LogP contribution in [0.1, 0.15) is 38.5 Å². The van der Waals surface area contributed by atoms with Gasteiger partial charge in [-0.1, -0.05) is 0 Å². The molecule has 3 saturated heterocycles. The lowest BCUT2D eigenvalue weighted by molar-refractivity contribution is -0.155. The molecule has 0 N–H and O–H groups in total. The summed E-state index contributed by atoms with van der Waals surface area (Å²) in [6, 6.07) is -0.814. The Hall–Kier alpha value is -3.60. The van der Waals surface area contributed by atoms with E-state index in [-0.39, 0.29) is 23.8 Å². The molecule has 12 nitrogen and oxygen atoms in total. The molecular weight excluding hydrogens is 574 g/mol. The Morgan fingerprint density at radius 2 is 0.714 bits per heavy atom. The molecule has 232 valence electrons. The normalized spacial score (nSPS) is 18.8. The summed E-state index contributed by atoms with van der Waals surface area (Å²) in [5, 5.41) is 0. The zero-order valence-corrected chi connectivity index (χ0v) is 22.9. The number of anilines is 4. The summed E-state index contributed by atoms with van der Waals surface area (Å²) in [6.07, 6.45) is -3.34. The first kappa shape index (κ1) is 29.9. The van der Waals surface area contributed by atoms with E-state index in [4.69, 9.17) is 9.47 Å². The van der Waals surface area contributed by atoms with Crippen LogP contribution in [0.5, 0.6) is 12.0 Å². The van der Waals surface area contributed by atoms with Gasteiger partial charge in [-0.25, -0.2) is 0 Å². The van der Waals surface area contributed by atoms with Crippen molar-refractivity contribution in [2.75, 3.05) is 85.2 Å². The minimum Gasteiger partial charge on any atom is -0.454 e. The van der Waals surface area contributed by atoms with Gasteiger partial charge in [-0.15, -0.1) is 0 Å². The lowest BCUT2D eigenvalue weighted by Gasteiger charge is -2.35. The quantitative estimate of drug-likeness (QED) is 0.412. The van der Waals surface area contributed by atoms with Gasteiger partial charge in [-0.05, 0) is 38.5 Å². The smallest absolute Gasteiger partial charge is 0.422 e. The number of ether oxygens (including phenoxy) is 2. The van der Waals surface area contributed by atoms with Crippen LogP contribution < -0.4 is 29.1 Å². The average Bonchev–Trinajstić information content (AvgIpc) is 2.99. The molecular formula is C24H32F6N10O2. The molecule has 0 radical (unpaired) electrons. The van der Waals surface area contributed by atoms with E-state index in [1.165, 1.54) is 0 Å². The SMILES string of the molecule is FC(F)(F)COc1nc(N2CCCCC2)nc(N2CCN(c3nc(OCC(F)(F)F)nc(N4CCCCC4)n3)CC2)n1. The highest BCUT2D eigenvalue weighted by atomic mass is 19.4. The van der Waals surface area contributed by atoms with Gasteiger partial charge in [-0.3, -0.25) is 0 Å². The Morgan fingerprint density at radius 3 is 1.00 bits per heavy atom. The first-order chi connectivity index (χ1) is 20.0. The third-order valence-corrected chi connectivity index (χ3v) is 7.04. The second-order valence-electron chi connectivity index (χ2n) is 10.3. The number of piperazine rings is 1. The van der Waals surface area contributed by atoms with Gasteiger partial charge in [0.25, 0.3) is 0 Å². The lowest BCUT2D eigenvalue weighted by Crippen LogP contribution is -2.48. The predicted molar refractivity (Wildman–Crippen MR) is 139 cm³/mol. The molecule has 0 bridgehead atoms. The molecule has 2 aromatic rings.